The lowest BCUT2D eigenvalue weighted by atomic mass is 10.1. The van der Waals surface area contributed by atoms with E-state index in [1.807, 2.05) is 6.92 Å². The maximum atomic E-state index is 15.1. The number of nitrogens with zero attached hydrogens (tertiary/aromatic N) is 4. The van der Waals surface area contributed by atoms with Crippen molar-refractivity contribution >= 4 is 17.2 Å². The van der Waals surface area contributed by atoms with E-state index >= 15 is 8.78 Å². The van der Waals surface area contributed by atoms with Crippen molar-refractivity contribution in [3.05, 3.63) is 71.1 Å². The third-order valence-electron chi connectivity index (χ3n) is 4.07. The molecule has 10 heteroatoms. The Morgan fingerprint density at radius 1 is 1.27 bits per heavy atom. The maximum Gasteiger partial charge on any atom is 0.333 e. The molecule has 0 radical (unpaired) electrons. The normalized spacial score (nSPS) is 13.2. The molecular formula is C20H21F3N6O. The molecule has 0 aliphatic heterocycles. The van der Waals surface area contributed by atoms with Gasteiger partial charge in [-0.3, -0.25) is 0 Å². The van der Waals surface area contributed by atoms with E-state index in [0.29, 0.717) is 23.4 Å². The third kappa shape index (κ3) is 4.60. The molecule has 0 atom stereocenters. The number of rotatable bonds is 7. The highest BCUT2D eigenvalue weighted by Gasteiger charge is 2.38. The number of nitrogens with two attached hydrogens (primary N) is 2. The number of halogens is 3. The Kier molecular flexibility index (Phi) is 6.06. The average molecular weight is 418 g/mol. The number of hydrogen-bond acceptors (Lipinski definition) is 5. The number of aromatic nitrogens is 3. The molecule has 0 amide bonds. The second-order valence-electron chi connectivity index (χ2n) is 6.58. The molecule has 0 spiro atoms. The van der Waals surface area contributed by atoms with Gasteiger partial charge in [-0.15, -0.1) is 5.10 Å². The van der Waals surface area contributed by atoms with Crippen LogP contribution in [0.3, 0.4) is 0 Å². The summed E-state index contributed by atoms with van der Waals surface area (Å²) in [5.74, 6) is -5.08. The summed E-state index contributed by atoms with van der Waals surface area (Å²) in [5, 5.41) is 3.96. The van der Waals surface area contributed by atoms with Gasteiger partial charge in [0.05, 0.1) is 6.61 Å². The van der Waals surface area contributed by atoms with E-state index in [1.54, 1.807) is 19.2 Å². The van der Waals surface area contributed by atoms with Crippen molar-refractivity contribution < 1.29 is 17.9 Å². The van der Waals surface area contributed by atoms with Crippen LogP contribution in [-0.4, -0.2) is 27.0 Å². The fraction of sp³-hybridized carbons (Fsp3) is 0.250. The van der Waals surface area contributed by atoms with Gasteiger partial charge in [-0.05, 0) is 55.8 Å². The zero-order valence-electron chi connectivity index (χ0n) is 16.4. The number of aliphatic imine (C=N–C) groups is 1. The van der Waals surface area contributed by atoms with Gasteiger partial charge >= 0.3 is 5.92 Å². The summed E-state index contributed by atoms with van der Waals surface area (Å²) in [5.41, 5.74) is 12.5. The van der Waals surface area contributed by atoms with Crippen LogP contribution >= 0.6 is 0 Å². The summed E-state index contributed by atoms with van der Waals surface area (Å²) < 4.78 is 50.0. The summed E-state index contributed by atoms with van der Waals surface area (Å²) in [6.45, 7) is 4.21. The first-order valence-electron chi connectivity index (χ1n) is 9.10. The standard InChI is InChI=1S/C20H21F3N6O/c1-3-30-11-13-9-16-18(26-17(25)8-12(2)24)27-19(28-29(16)10-13)20(22,23)14-4-6-15(21)7-5-14/h4-10H,3,11,24H2,1-2H3,(H2,25,26,27,28)/b12-8-. The zero-order valence-corrected chi connectivity index (χ0v) is 16.4. The molecule has 2 heterocycles. The molecule has 4 N–H and O–H groups in total. The van der Waals surface area contributed by atoms with E-state index < -0.39 is 23.1 Å². The summed E-state index contributed by atoms with van der Waals surface area (Å²) in [6, 6.07) is 5.54. The number of alkyl halides is 2. The molecule has 0 saturated heterocycles. The summed E-state index contributed by atoms with van der Waals surface area (Å²) in [4.78, 5) is 8.09. The largest absolute Gasteiger partial charge is 0.402 e. The molecule has 3 aromatic rings. The summed E-state index contributed by atoms with van der Waals surface area (Å²) in [7, 11) is 0. The predicted molar refractivity (Wildman–Crippen MR) is 107 cm³/mol. The molecule has 0 fully saturated rings. The Hall–Kier alpha value is -3.40. The van der Waals surface area contributed by atoms with Crippen LogP contribution < -0.4 is 11.5 Å². The molecule has 3 rings (SSSR count). The highest BCUT2D eigenvalue weighted by atomic mass is 19.3. The number of ether oxygens (including phenoxy) is 1. The van der Waals surface area contributed by atoms with Crippen molar-refractivity contribution in [2.45, 2.75) is 26.4 Å². The second kappa shape index (κ2) is 8.54. The zero-order chi connectivity index (χ0) is 21.9. The van der Waals surface area contributed by atoms with Gasteiger partial charge in [0.15, 0.2) is 5.82 Å². The van der Waals surface area contributed by atoms with Crippen molar-refractivity contribution in [3.8, 4) is 0 Å². The van der Waals surface area contributed by atoms with E-state index in [-0.39, 0.29) is 18.3 Å². The number of allylic oxidation sites excluding steroid dienone is 1. The molecule has 30 heavy (non-hydrogen) atoms. The van der Waals surface area contributed by atoms with Crippen LogP contribution in [0.25, 0.3) is 5.52 Å². The minimum Gasteiger partial charge on any atom is -0.402 e. The number of amidine groups is 1. The SMILES string of the molecule is CCOCc1cc2c(N=C(N)/C=C(/C)N)nc(C(F)(F)c3ccc(F)cc3)nn2c1. The average Bonchev–Trinajstić information content (AvgIpc) is 3.09. The van der Waals surface area contributed by atoms with Gasteiger partial charge in [-0.1, -0.05) is 0 Å². The molecule has 2 aromatic heterocycles. The van der Waals surface area contributed by atoms with Crippen molar-refractivity contribution in [3.63, 3.8) is 0 Å². The fourth-order valence-corrected chi connectivity index (χ4v) is 2.73. The molecule has 1 aromatic carbocycles. The number of fused-ring (bicyclic) bond motifs is 1. The second-order valence-corrected chi connectivity index (χ2v) is 6.58. The van der Waals surface area contributed by atoms with Crippen LogP contribution in [-0.2, 0) is 17.3 Å². The lowest BCUT2D eigenvalue weighted by Crippen LogP contribution is -2.21. The van der Waals surface area contributed by atoms with Crippen molar-refractivity contribution in [2.75, 3.05) is 6.61 Å². The van der Waals surface area contributed by atoms with E-state index in [1.165, 1.54) is 10.6 Å². The van der Waals surface area contributed by atoms with Gasteiger partial charge in [0, 0.05) is 24.1 Å². The molecule has 7 nitrogen and oxygen atoms in total. The van der Waals surface area contributed by atoms with Crippen LogP contribution in [0, 0.1) is 5.82 Å². The highest BCUT2D eigenvalue weighted by Crippen LogP contribution is 2.35. The molecule has 0 aliphatic carbocycles. The van der Waals surface area contributed by atoms with Crippen molar-refractivity contribution in [2.24, 2.45) is 16.5 Å². The van der Waals surface area contributed by atoms with Crippen molar-refractivity contribution in [1.82, 2.24) is 14.6 Å². The van der Waals surface area contributed by atoms with Gasteiger partial charge < -0.3 is 16.2 Å². The summed E-state index contributed by atoms with van der Waals surface area (Å²) >= 11 is 0. The molecular weight excluding hydrogens is 397 g/mol. The lowest BCUT2D eigenvalue weighted by molar-refractivity contribution is 0.0315. The van der Waals surface area contributed by atoms with Crippen molar-refractivity contribution in [1.29, 1.82) is 0 Å². The minimum atomic E-state index is -3.59. The van der Waals surface area contributed by atoms with Crippen LogP contribution in [0.5, 0.6) is 0 Å². The quantitative estimate of drug-likeness (QED) is 0.452. The molecule has 0 saturated carbocycles. The highest BCUT2D eigenvalue weighted by molar-refractivity contribution is 5.94. The van der Waals surface area contributed by atoms with Gasteiger partial charge in [-0.2, -0.15) is 8.78 Å². The Morgan fingerprint density at radius 3 is 2.60 bits per heavy atom. The first kappa shape index (κ1) is 21.3. The van der Waals surface area contributed by atoms with Gasteiger partial charge in [0.25, 0.3) is 0 Å². The molecule has 0 unspecified atom stereocenters. The van der Waals surface area contributed by atoms with Gasteiger partial charge in [0.1, 0.15) is 17.2 Å². The lowest BCUT2D eigenvalue weighted by Gasteiger charge is -2.16. The van der Waals surface area contributed by atoms with Crippen LogP contribution in [0.1, 0.15) is 30.8 Å². The number of hydrogen-bond donors (Lipinski definition) is 2. The Balaban J connectivity index is 2.17. The monoisotopic (exact) mass is 418 g/mol. The van der Waals surface area contributed by atoms with E-state index in [0.717, 1.165) is 24.3 Å². The number of benzene rings is 1. The van der Waals surface area contributed by atoms with E-state index in [4.69, 9.17) is 16.2 Å². The Labute approximate surface area is 170 Å². The smallest absolute Gasteiger partial charge is 0.333 e. The van der Waals surface area contributed by atoms with Crippen LogP contribution in [0.4, 0.5) is 19.0 Å². The fourth-order valence-electron chi connectivity index (χ4n) is 2.73. The molecule has 0 bridgehead atoms. The van der Waals surface area contributed by atoms with Gasteiger partial charge in [-0.25, -0.2) is 18.9 Å². The van der Waals surface area contributed by atoms with Crippen LogP contribution in [0.15, 0.2) is 53.3 Å². The maximum absolute atomic E-state index is 15.1. The Bertz CT molecular complexity index is 1100. The first-order chi connectivity index (χ1) is 14.2. The third-order valence-corrected chi connectivity index (χ3v) is 4.07. The van der Waals surface area contributed by atoms with E-state index in [9.17, 15) is 4.39 Å². The van der Waals surface area contributed by atoms with Gasteiger partial charge in [0.2, 0.25) is 5.82 Å². The summed E-state index contributed by atoms with van der Waals surface area (Å²) in [6.07, 6.45) is 2.94. The van der Waals surface area contributed by atoms with Crippen LogP contribution in [0.2, 0.25) is 0 Å². The molecule has 158 valence electrons. The first-order valence-corrected chi connectivity index (χ1v) is 9.10. The van der Waals surface area contributed by atoms with E-state index in [2.05, 4.69) is 15.1 Å². The Morgan fingerprint density at radius 2 is 1.97 bits per heavy atom. The minimum absolute atomic E-state index is 0.000735. The topological polar surface area (TPSA) is 104 Å². The molecule has 0 aliphatic rings. The predicted octanol–water partition coefficient (Wildman–Crippen LogP) is 3.40.